The van der Waals surface area contributed by atoms with Gasteiger partial charge >= 0.3 is 5.97 Å². The first kappa shape index (κ1) is 42.7. The predicted octanol–water partition coefficient (Wildman–Crippen LogP) is 6.18. The van der Waals surface area contributed by atoms with Crippen LogP contribution in [0, 0.1) is 0 Å². The average molecular weight is 663 g/mol. The Bertz CT molecular complexity index is 937. The van der Waals surface area contributed by atoms with Crippen LogP contribution >= 0.6 is 0 Å². The third-order valence-corrected chi connectivity index (χ3v) is 7.39. The molecule has 9 heteroatoms. The van der Waals surface area contributed by atoms with E-state index in [2.05, 4.69) is 86.8 Å². The minimum atomic E-state index is -1.55. The zero-order valence-electron chi connectivity index (χ0n) is 28.7. The van der Waals surface area contributed by atoms with Gasteiger partial charge in [0.05, 0.1) is 19.8 Å². The highest BCUT2D eigenvalue weighted by Crippen LogP contribution is 2.22. The van der Waals surface area contributed by atoms with Gasteiger partial charge in [-0.05, 0) is 57.8 Å². The van der Waals surface area contributed by atoms with Crippen LogP contribution in [0.15, 0.2) is 72.9 Å². The van der Waals surface area contributed by atoms with E-state index in [1.807, 2.05) is 0 Å². The Balaban J connectivity index is 2.30. The standard InChI is InChI=1S/C38H62O9/c1-3-5-7-9-10-11-12-13-14-15-16-17-18-19-20-21-22-23-24-26-28-44-30-32(46-34(40)27-25-8-6-4-2)31-45-38-37(43)36(42)35(41)33(29-39)47-38/h5,7,10-11,13-14,16-17,19-20,22-23,32-33,35-39,41-43H,3-4,6,8-9,12,15,18,21,24-31H2,1-2H3/b7-5-,11-10-,14-13-,17-16-,20-19-,23-22-. The molecule has 0 aromatic heterocycles. The largest absolute Gasteiger partial charge is 0.457 e. The number of aliphatic hydroxyl groups is 4. The number of aliphatic hydroxyl groups excluding tert-OH is 4. The quantitative estimate of drug-likeness (QED) is 0.0462. The van der Waals surface area contributed by atoms with Crippen LogP contribution in [0.5, 0.6) is 0 Å². The van der Waals surface area contributed by atoms with E-state index in [4.69, 9.17) is 18.9 Å². The number of unbranched alkanes of at least 4 members (excludes halogenated alkanes) is 4. The lowest BCUT2D eigenvalue weighted by atomic mass is 9.99. The molecule has 1 heterocycles. The van der Waals surface area contributed by atoms with Crippen molar-refractivity contribution in [1.82, 2.24) is 0 Å². The van der Waals surface area contributed by atoms with Crippen LogP contribution in [0.1, 0.15) is 97.3 Å². The molecule has 0 radical (unpaired) electrons. The lowest BCUT2D eigenvalue weighted by Crippen LogP contribution is -2.59. The Kier molecular flexibility index (Phi) is 27.0. The summed E-state index contributed by atoms with van der Waals surface area (Å²) in [6.07, 6.45) is 30.0. The molecule has 0 spiro atoms. The second-order valence-electron chi connectivity index (χ2n) is 11.6. The van der Waals surface area contributed by atoms with Gasteiger partial charge in [0.15, 0.2) is 6.29 Å². The van der Waals surface area contributed by atoms with Crippen molar-refractivity contribution in [2.75, 3.05) is 26.4 Å². The van der Waals surface area contributed by atoms with Crippen LogP contribution in [0.2, 0.25) is 0 Å². The zero-order chi connectivity index (χ0) is 34.4. The molecule has 0 aromatic rings. The first-order valence-corrected chi connectivity index (χ1v) is 17.5. The number of esters is 1. The van der Waals surface area contributed by atoms with Crippen LogP contribution in [0.4, 0.5) is 0 Å². The smallest absolute Gasteiger partial charge is 0.306 e. The minimum absolute atomic E-state index is 0.0991. The first-order chi connectivity index (χ1) is 22.9. The van der Waals surface area contributed by atoms with Crippen LogP contribution < -0.4 is 0 Å². The molecule has 0 aromatic carbocycles. The Morgan fingerprint density at radius 1 is 0.702 bits per heavy atom. The normalized spacial score (nSPS) is 23.1. The van der Waals surface area contributed by atoms with Gasteiger partial charge < -0.3 is 39.4 Å². The summed E-state index contributed by atoms with van der Waals surface area (Å²) in [6.45, 7) is 4.12. The van der Waals surface area contributed by atoms with Crippen LogP contribution in [0.3, 0.4) is 0 Å². The lowest BCUT2D eigenvalue weighted by molar-refractivity contribution is -0.305. The Morgan fingerprint density at radius 3 is 1.83 bits per heavy atom. The van der Waals surface area contributed by atoms with Crippen LogP contribution in [-0.4, -0.2) is 89.6 Å². The Morgan fingerprint density at radius 2 is 1.28 bits per heavy atom. The summed E-state index contributed by atoms with van der Waals surface area (Å²) < 4.78 is 22.4. The minimum Gasteiger partial charge on any atom is -0.457 e. The van der Waals surface area contributed by atoms with Gasteiger partial charge in [0.1, 0.15) is 30.5 Å². The van der Waals surface area contributed by atoms with Gasteiger partial charge in [0.2, 0.25) is 0 Å². The lowest BCUT2D eigenvalue weighted by Gasteiger charge is -2.39. The van der Waals surface area contributed by atoms with E-state index in [1.165, 1.54) is 0 Å². The molecule has 1 rings (SSSR count). The number of carbonyl (C=O) groups is 1. The van der Waals surface area contributed by atoms with Crippen molar-refractivity contribution >= 4 is 5.97 Å². The van der Waals surface area contributed by atoms with E-state index < -0.39 is 43.4 Å². The van der Waals surface area contributed by atoms with Gasteiger partial charge in [0.25, 0.3) is 0 Å². The summed E-state index contributed by atoms with van der Waals surface area (Å²) in [5.41, 5.74) is 0. The summed E-state index contributed by atoms with van der Waals surface area (Å²) in [6, 6.07) is 0. The van der Waals surface area contributed by atoms with E-state index in [0.717, 1.165) is 77.0 Å². The van der Waals surface area contributed by atoms with Gasteiger partial charge in [-0.15, -0.1) is 0 Å². The summed E-state index contributed by atoms with van der Waals surface area (Å²) in [4.78, 5) is 12.4. The van der Waals surface area contributed by atoms with Gasteiger partial charge in [-0.3, -0.25) is 4.79 Å². The van der Waals surface area contributed by atoms with Crippen LogP contribution in [-0.2, 0) is 23.7 Å². The van der Waals surface area contributed by atoms with Gasteiger partial charge in [-0.25, -0.2) is 0 Å². The van der Waals surface area contributed by atoms with Crippen molar-refractivity contribution in [3.63, 3.8) is 0 Å². The first-order valence-electron chi connectivity index (χ1n) is 17.5. The molecule has 1 aliphatic heterocycles. The highest BCUT2D eigenvalue weighted by Gasteiger charge is 2.44. The van der Waals surface area contributed by atoms with Crippen LogP contribution in [0.25, 0.3) is 0 Å². The number of allylic oxidation sites excluding steroid dienone is 12. The molecule has 1 saturated heterocycles. The predicted molar refractivity (Wildman–Crippen MR) is 187 cm³/mol. The van der Waals surface area contributed by atoms with E-state index in [-0.39, 0.29) is 19.2 Å². The SMILES string of the molecule is CC/C=C\C/C=C\C/C=C\C/C=C\C/C=C\C/C=C\CCCOCC(COC1OC(CO)C(O)C(O)C1O)OC(=O)CCCCCC. The number of rotatable bonds is 27. The van der Waals surface area contributed by atoms with Crippen molar-refractivity contribution in [2.45, 2.75) is 134 Å². The maximum absolute atomic E-state index is 12.4. The van der Waals surface area contributed by atoms with E-state index >= 15 is 0 Å². The Hall–Kier alpha value is -2.37. The molecule has 268 valence electrons. The molecule has 0 saturated carbocycles. The van der Waals surface area contributed by atoms with E-state index in [1.54, 1.807) is 0 Å². The second kappa shape index (κ2) is 29.7. The second-order valence-corrected chi connectivity index (χ2v) is 11.6. The molecule has 0 bridgehead atoms. The number of hydrogen-bond donors (Lipinski definition) is 4. The average Bonchev–Trinajstić information content (AvgIpc) is 3.07. The van der Waals surface area contributed by atoms with Gasteiger partial charge in [-0.2, -0.15) is 0 Å². The fourth-order valence-corrected chi connectivity index (χ4v) is 4.62. The number of carbonyl (C=O) groups excluding carboxylic acids is 1. The van der Waals surface area contributed by atoms with Crippen molar-refractivity contribution in [2.24, 2.45) is 0 Å². The zero-order valence-corrected chi connectivity index (χ0v) is 28.7. The fourth-order valence-electron chi connectivity index (χ4n) is 4.62. The molecular weight excluding hydrogens is 600 g/mol. The summed E-state index contributed by atoms with van der Waals surface area (Å²) in [5.74, 6) is -0.356. The maximum Gasteiger partial charge on any atom is 0.306 e. The van der Waals surface area contributed by atoms with E-state index in [9.17, 15) is 25.2 Å². The monoisotopic (exact) mass is 662 g/mol. The third kappa shape index (κ3) is 22.0. The molecule has 1 aliphatic rings. The van der Waals surface area contributed by atoms with Gasteiger partial charge in [-0.1, -0.05) is 106 Å². The fraction of sp³-hybridized carbons (Fsp3) is 0.658. The maximum atomic E-state index is 12.4. The van der Waals surface area contributed by atoms with E-state index in [0.29, 0.717) is 13.0 Å². The highest BCUT2D eigenvalue weighted by molar-refractivity contribution is 5.69. The van der Waals surface area contributed by atoms with Crippen molar-refractivity contribution < 1.29 is 44.2 Å². The molecule has 47 heavy (non-hydrogen) atoms. The molecule has 1 fully saturated rings. The number of ether oxygens (including phenoxy) is 4. The summed E-state index contributed by atoms with van der Waals surface area (Å²) >= 11 is 0. The third-order valence-electron chi connectivity index (χ3n) is 7.39. The topological polar surface area (TPSA) is 135 Å². The number of hydrogen-bond acceptors (Lipinski definition) is 9. The van der Waals surface area contributed by atoms with Gasteiger partial charge in [0, 0.05) is 13.0 Å². The van der Waals surface area contributed by atoms with Crippen molar-refractivity contribution in [3.05, 3.63) is 72.9 Å². The molecule has 9 nitrogen and oxygen atoms in total. The molecule has 6 atom stereocenters. The summed E-state index contributed by atoms with van der Waals surface area (Å²) in [7, 11) is 0. The summed E-state index contributed by atoms with van der Waals surface area (Å²) in [5, 5.41) is 39.6. The van der Waals surface area contributed by atoms with Crippen molar-refractivity contribution in [1.29, 1.82) is 0 Å². The molecule has 0 aliphatic carbocycles. The molecule has 0 amide bonds. The molecule has 4 N–H and O–H groups in total. The highest BCUT2D eigenvalue weighted by atomic mass is 16.7. The van der Waals surface area contributed by atoms with Crippen molar-refractivity contribution in [3.8, 4) is 0 Å². The Labute approximate surface area is 283 Å². The molecular formula is C38H62O9. The molecule has 6 unspecified atom stereocenters.